The van der Waals surface area contributed by atoms with Gasteiger partial charge in [-0.1, -0.05) is 0 Å². The Labute approximate surface area is 77.0 Å². The first-order valence-electron chi connectivity index (χ1n) is 4.61. The third kappa shape index (κ3) is 1.54. The number of aliphatic hydroxyl groups is 1. The molecule has 0 aromatic carbocycles. The number of hydrogen-bond acceptors (Lipinski definition) is 2. The summed E-state index contributed by atoms with van der Waals surface area (Å²) in [5.74, 6) is 0. The Hall–Kier alpha value is -0.340. The second-order valence-corrected chi connectivity index (χ2v) is 4.56. The van der Waals surface area contributed by atoms with E-state index in [2.05, 4.69) is 6.07 Å². The van der Waals surface area contributed by atoms with Crippen LogP contribution in [0.5, 0.6) is 0 Å². The van der Waals surface area contributed by atoms with Crippen LogP contribution in [-0.2, 0) is 19.3 Å². The minimum Gasteiger partial charge on any atom is -0.396 e. The van der Waals surface area contributed by atoms with E-state index in [-0.39, 0.29) is 0 Å². The molecule has 0 spiro atoms. The van der Waals surface area contributed by atoms with Crippen molar-refractivity contribution < 1.29 is 5.11 Å². The van der Waals surface area contributed by atoms with Gasteiger partial charge in [-0.15, -0.1) is 11.3 Å². The van der Waals surface area contributed by atoms with Gasteiger partial charge in [0.15, 0.2) is 0 Å². The first-order chi connectivity index (χ1) is 5.90. The molecule has 0 atom stereocenters. The highest BCUT2D eigenvalue weighted by molar-refractivity contribution is 7.12. The van der Waals surface area contributed by atoms with Gasteiger partial charge in [0.1, 0.15) is 0 Å². The van der Waals surface area contributed by atoms with Gasteiger partial charge in [-0.05, 0) is 37.3 Å². The molecule has 0 bridgehead atoms. The topological polar surface area (TPSA) is 20.2 Å². The standard InChI is InChI=1S/C10H14OS/c11-6-5-9-7-8-3-1-2-4-10(8)12-9/h7,11H,1-6H2. The van der Waals surface area contributed by atoms with Crippen molar-refractivity contribution in [3.05, 3.63) is 21.4 Å². The van der Waals surface area contributed by atoms with Gasteiger partial charge in [0.2, 0.25) is 0 Å². The molecule has 0 unspecified atom stereocenters. The molecule has 1 N–H and O–H groups in total. The monoisotopic (exact) mass is 182 g/mol. The lowest BCUT2D eigenvalue weighted by Crippen LogP contribution is -1.96. The molecule has 1 aliphatic rings. The van der Waals surface area contributed by atoms with Crippen LogP contribution in [0.4, 0.5) is 0 Å². The fourth-order valence-electron chi connectivity index (χ4n) is 1.79. The number of hydrogen-bond donors (Lipinski definition) is 1. The molecule has 2 rings (SSSR count). The van der Waals surface area contributed by atoms with Crippen LogP contribution >= 0.6 is 11.3 Å². The van der Waals surface area contributed by atoms with Crippen molar-refractivity contribution in [3.63, 3.8) is 0 Å². The van der Waals surface area contributed by atoms with Crippen LogP contribution in [0, 0.1) is 0 Å². The average Bonchev–Trinajstić information content (AvgIpc) is 2.47. The first-order valence-corrected chi connectivity index (χ1v) is 5.43. The molecule has 0 fully saturated rings. The summed E-state index contributed by atoms with van der Waals surface area (Å²) in [7, 11) is 0. The molecule has 0 saturated heterocycles. The highest BCUT2D eigenvalue weighted by atomic mass is 32.1. The molecule has 1 heterocycles. The largest absolute Gasteiger partial charge is 0.396 e. The molecule has 0 radical (unpaired) electrons. The van der Waals surface area contributed by atoms with Crippen molar-refractivity contribution in [2.45, 2.75) is 32.1 Å². The molecule has 1 aliphatic carbocycles. The van der Waals surface area contributed by atoms with Crippen molar-refractivity contribution in [3.8, 4) is 0 Å². The third-order valence-corrected chi connectivity index (χ3v) is 3.70. The number of aliphatic hydroxyl groups excluding tert-OH is 1. The fourth-order valence-corrected chi connectivity index (χ4v) is 3.04. The summed E-state index contributed by atoms with van der Waals surface area (Å²) in [6.45, 7) is 0.291. The second-order valence-electron chi connectivity index (χ2n) is 3.34. The fraction of sp³-hybridized carbons (Fsp3) is 0.600. The SMILES string of the molecule is OCCc1cc2c(s1)CCCC2. The van der Waals surface area contributed by atoms with E-state index < -0.39 is 0 Å². The minimum atomic E-state index is 0.291. The van der Waals surface area contributed by atoms with E-state index in [0.29, 0.717) is 6.61 Å². The van der Waals surface area contributed by atoms with Gasteiger partial charge in [-0.25, -0.2) is 0 Å². The normalized spacial score (nSPS) is 16.1. The Morgan fingerprint density at radius 3 is 2.92 bits per heavy atom. The van der Waals surface area contributed by atoms with Crippen LogP contribution < -0.4 is 0 Å². The van der Waals surface area contributed by atoms with Crippen molar-refractivity contribution in [1.29, 1.82) is 0 Å². The number of rotatable bonds is 2. The molecule has 0 saturated carbocycles. The maximum absolute atomic E-state index is 8.79. The molecule has 1 aromatic heterocycles. The Morgan fingerprint density at radius 1 is 1.33 bits per heavy atom. The van der Waals surface area contributed by atoms with Gasteiger partial charge in [-0.3, -0.25) is 0 Å². The maximum atomic E-state index is 8.79. The molecular formula is C10H14OS. The van der Waals surface area contributed by atoms with E-state index in [0.717, 1.165) is 6.42 Å². The molecule has 0 aliphatic heterocycles. The second kappa shape index (κ2) is 3.58. The zero-order chi connectivity index (χ0) is 8.39. The molecule has 66 valence electrons. The van der Waals surface area contributed by atoms with Gasteiger partial charge >= 0.3 is 0 Å². The zero-order valence-electron chi connectivity index (χ0n) is 7.18. The van der Waals surface area contributed by atoms with E-state index in [1.807, 2.05) is 11.3 Å². The number of thiophene rings is 1. The predicted molar refractivity (Wildman–Crippen MR) is 51.8 cm³/mol. The van der Waals surface area contributed by atoms with Gasteiger partial charge in [0.25, 0.3) is 0 Å². The summed E-state index contributed by atoms with van der Waals surface area (Å²) in [5.41, 5.74) is 1.55. The van der Waals surface area contributed by atoms with Crippen LogP contribution in [0.1, 0.15) is 28.2 Å². The first kappa shape index (κ1) is 8.27. The van der Waals surface area contributed by atoms with Gasteiger partial charge in [-0.2, -0.15) is 0 Å². The molecule has 1 nitrogen and oxygen atoms in total. The van der Waals surface area contributed by atoms with Crippen LogP contribution in [0.2, 0.25) is 0 Å². The lowest BCUT2D eigenvalue weighted by molar-refractivity contribution is 0.300. The Balaban J connectivity index is 2.20. The van der Waals surface area contributed by atoms with E-state index in [1.54, 1.807) is 10.4 Å². The van der Waals surface area contributed by atoms with Crippen molar-refractivity contribution >= 4 is 11.3 Å². The Morgan fingerprint density at radius 2 is 2.17 bits per heavy atom. The highest BCUT2D eigenvalue weighted by Gasteiger charge is 2.12. The van der Waals surface area contributed by atoms with E-state index in [1.165, 1.54) is 30.6 Å². The van der Waals surface area contributed by atoms with Crippen LogP contribution in [0.15, 0.2) is 6.07 Å². The molecule has 1 aromatic rings. The molecule has 2 heteroatoms. The lowest BCUT2D eigenvalue weighted by Gasteiger charge is -2.08. The number of aryl methyl sites for hydroxylation is 2. The summed E-state index contributed by atoms with van der Waals surface area (Å²) in [6.07, 6.45) is 6.08. The van der Waals surface area contributed by atoms with Crippen molar-refractivity contribution in [2.75, 3.05) is 6.61 Å². The molecule has 0 amide bonds. The van der Waals surface area contributed by atoms with Gasteiger partial charge < -0.3 is 5.11 Å². The summed E-state index contributed by atoms with van der Waals surface area (Å²) < 4.78 is 0. The van der Waals surface area contributed by atoms with Crippen LogP contribution in [-0.4, -0.2) is 11.7 Å². The van der Waals surface area contributed by atoms with Gasteiger partial charge in [0, 0.05) is 22.8 Å². The summed E-state index contributed by atoms with van der Waals surface area (Å²) in [5, 5.41) is 8.79. The van der Waals surface area contributed by atoms with E-state index >= 15 is 0 Å². The zero-order valence-corrected chi connectivity index (χ0v) is 7.99. The summed E-state index contributed by atoms with van der Waals surface area (Å²) in [6, 6.07) is 2.29. The quantitative estimate of drug-likeness (QED) is 0.743. The minimum absolute atomic E-state index is 0.291. The van der Waals surface area contributed by atoms with Gasteiger partial charge in [0.05, 0.1) is 0 Å². The Bertz CT molecular complexity index is 241. The van der Waals surface area contributed by atoms with Crippen molar-refractivity contribution in [1.82, 2.24) is 0 Å². The third-order valence-electron chi connectivity index (χ3n) is 2.41. The lowest BCUT2D eigenvalue weighted by atomic mass is 9.99. The smallest absolute Gasteiger partial charge is 0.0479 e. The summed E-state index contributed by atoms with van der Waals surface area (Å²) >= 11 is 1.90. The summed E-state index contributed by atoms with van der Waals surface area (Å²) in [4.78, 5) is 2.94. The van der Waals surface area contributed by atoms with E-state index in [4.69, 9.17) is 5.11 Å². The highest BCUT2D eigenvalue weighted by Crippen LogP contribution is 2.29. The number of fused-ring (bicyclic) bond motifs is 1. The average molecular weight is 182 g/mol. The van der Waals surface area contributed by atoms with Crippen LogP contribution in [0.3, 0.4) is 0 Å². The molecular weight excluding hydrogens is 168 g/mol. The Kier molecular flexibility index (Phi) is 2.47. The predicted octanol–water partition coefficient (Wildman–Crippen LogP) is 2.16. The van der Waals surface area contributed by atoms with Crippen LogP contribution in [0.25, 0.3) is 0 Å². The maximum Gasteiger partial charge on any atom is 0.0479 e. The molecule has 12 heavy (non-hydrogen) atoms. The van der Waals surface area contributed by atoms with Crippen molar-refractivity contribution in [2.24, 2.45) is 0 Å². The van der Waals surface area contributed by atoms with E-state index in [9.17, 15) is 0 Å².